The highest BCUT2D eigenvalue weighted by Crippen LogP contribution is 2.34. The van der Waals surface area contributed by atoms with E-state index in [9.17, 15) is 18.0 Å². The van der Waals surface area contributed by atoms with Crippen LogP contribution in [0.4, 0.5) is 11.4 Å². The maximum absolute atomic E-state index is 13.3. The van der Waals surface area contributed by atoms with Gasteiger partial charge < -0.3 is 10.1 Å². The second-order valence-electron chi connectivity index (χ2n) is 9.04. The Kier molecular flexibility index (Phi) is 10.1. The molecule has 0 saturated carbocycles. The summed E-state index contributed by atoms with van der Waals surface area (Å²) in [7, 11) is -2.13. The molecule has 2 aromatic rings. The average molecular weight is 561 g/mol. The zero-order valence-electron chi connectivity index (χ0n) is 22.8. The number of amides is 2. The Labute approximate surface area is 229 Å². The van der Waals surface area contributed by atoms with Crippen LogP contribution in [0.2, 0.25) is 0 Å². The minimum atomic E-state index is -3.67. The van der Waals surface area contributed by atoms with E-state index in [0.29, 0.717) is 30.6 Å². The summed E-state index contributed by atoms with van der Waals surface area (Å²) < 4.78 is 32.7. The SMILES string of the molecule is CCN(CC)S(=O)(=O)c1ccc(C)c(N=C2S[C@H](CC(=O)Nc3c(C)cccc3C)C(=O)N2CCOC)c1. The van der Waals surface area contributed by atoms with Crippen molar-refractivity contribution >= 4 is 50.1 Å². The number of nitrogens with zero attached hydrogens (tertiary/aromatic N) is 3. The molecule has 0 bridgehead atoms. The van der Waals surface area contributed by atoms with Gasteiger partial charge in [-0.05, 0) is 49.6 Å². The Morgan fingerprint density at radius 3 is 2.37 bits per heavy atom. The third kappa shape index (κ3) is 6.63. The first-order chi connectivity index (χ1) is 18.0. The Balaban J connectivity index is 1.90. The first-order valence-electron chi connectivity index (χ1n) is 12.6. The quantitative estimate of drug-likeness (QED) is 0.440. The molecule has 1 fully saturated rings. The molecule has 38 heavy (non-hydrogen) atoms. The molecular formula is C27H36N4O5S2. The predicted molar refractivity (Wildman–Crippen MR) is 153 cm³/mol. The molecule has 1 aliphatic heterocycles. The van der Waals surface area contributed by atoms with Gasteiger partial charge in [0, 0.05) is 32.3 Å². The molecule has 3 rings (SSSR count). The van der Waals surface area contributed by atoms with E-state index in [-0.39, 0.29) is 29.7 Å². The van der Waals surface area contributed by atoms with Crippen molar-refractivity contribution in [1.29, 1.82) is 0 Å². The Bertz CT molecular complexity index is 1300. The molecule has 11 heteroatoms. The summed E-state index contributed by atoms with van der Waals surface area (Å²) in [4.78, 5) is 32.6. The van der Waals surface area contributed by atoms with Crippen molar-refractivity contribution in [3.63, 3.8) is 0 Å². The molecule has 1 saturated heterocycles. The minimum Gasteiger partial charge on any atom is -0.383 e. The number of para-hydroxylation sites is 1. The van der Waals surface area contributed by atoms with E-state index in [0.717, 1.165) is 22.4 Å². The summed E-state index contributed by atoms with van der Waals surface area (Å²) in [6, 6.07) is 10.6. The number of thioether (sulfide) groups is 1. The fraction of sp³-hybridized carbons (Fsp3) is 0.444. The molecule has 0 aromatic heterocycles. The lowest BCUT2D eigenvalue weighted by Crippen LogP contribution is -2.35. The van der Waals surface area contributed by atoms with Crippen molar-refractivity contribution in [2.45, 2.75) is 51.2 Å². The molecule has 0 spiro atoms. The zero-order chi connectivity index (χ0) is 28.0. The van der Waals surface area contributed by atoms with Crippen LogP contribution >= 0.6 is 11.8 Å². The van der Waals surface area contributed by atoms with Crippen LogP contribution in [0.15, 0.2) is 46.3 Å². The molecule has 1 N–H and O–H groups in total. The molecule has 0 unspecified atom stereocenters. The van der Waals surface area contributed by atoms with Crippen molar-refractivity contribution in [3.05, 3.63) is 53.1 Å². The number of aliphatic imine (C=N–C) groups is 1. The smallest absolute Gasteiger partial charge is 0.243 e. The average Bonchev–Trinajstić information content (AvgIpc) is 3.15. The second kappa shape index (κ2) is 12.9. The van der Waals surface area contributed by atoms with E-state index >= 15 is 0 Å². The van der Waals surface area contributed by atoms with Crippen molar-refractivity contribution in [3.8, 4) is 0 Å². The third-order valence-corrected chi connectivity index (χ3v) is 9.62. The normalized spacial score (nSPS) is 17.0. The maximum Gasteiger partial charge on any atom is 0.243 e. The summed E-state index contributed by atoms with van der Waals surface area (Å²) >= 11 is 1.21. The number of amidine groups is 1. The maximum atomic E-state index is 13.3. The van der Waals surface area contributed by atoms with Gasteiger partial charge in [0.05, 0.1) is 23.7 Å². The van der Waals surface area contributed by atoms with Crippen LogP contribution in [-0.4, -0.2) is 73.2 Å². The number of hydrogen-bond acceptors (Lipinski definition) is 7. The van der Waals surface area contributed by atoms with Crippen LogP contribution in [-0.2, 0) is 24.3 Å². The van der Waals surface area contributed by atoms with Crippen molar-refractivity contribution in [2.75, 3.05) is 38.7 Å². The van der Waals surface area contributed by atoms with E-state index in [4.69, 9.17) is 9.73 Å². The predicted octanol–water partition coefficient (Wildman–Crippen LogP) is 4.25. The van der Waals surface area contributed by atoms with Gasteiger partial charge in [0.2, 0.25) is 21.8 Å². The number of benzene rings is 2. The van der Waals surface area contributed by atoms with Crippen LogP contribution in [0.3, 0.4) is 0 Å². The summed E-state index contributed by atoms with van der Waals surface area (Å²) in [5.74, 6) is -0.489. The highest BCUT2D eigenvalue weighted by atomic mass is 32.2. The van der Waals surface area contributed by atoms with Crippen LogP contribution in [0.1, 0.15) is 37.0 Å². The van der Waals surface area contributed by atoms with Crippen molar-refractivity contribution in [2.24, 2.45) is 4.99 Å². The fourth-order valence-electron chi connectivity index (χ4n) is 4.17. The number of methoxy groups -OCH3 is 1. The van der Waals surface area contributed by atoms with E-state index in [1.54, 1.807) is 33.1 Å². The molecule has 0 aliphatic carbocycles. The number of carbonyl (C=O) groups is 2. The van der Waals surface area contributed by atoms with Gasteiger partial charge in [-0.1, -0.05) is 49.9 Å². The topological polar surface area (TPSA) is 108 Å². The lowest BCUT2D eigenvalue weighted by molar-refractivity contribution is -0.128. The summed E-state index contributed by atoms with van der Waals surface area (Å²) in [6.07, 6.45) is -0.0187. The fourth-order valence-corrected chi connectivity index (χ4v) is 6.83. The van der Waals surface area contributed by atoms with E-state index < -0.39 is 15.3 Å². The lowest BCUT2D eigenvalue weighted by atomic mass is 10.1. The van der Waals surface area contributed by atoms with Gasteiger partial charge >= 0.3 is 0 Å². The summed E-state index contributed by atoms with van der Waals surface area (Å²) in [5, 5.41) is 2.70. The Hall–Kier alpha value is -2.73. The highest BCUT2D eigenvalue weighted by molar-refractivity contribution is 8.15. The van der Waals surface area contributed by atoms with Crippen LogP contribution in [0.5, 0.6) is 0 Å². The van der Waals surface area contributed by atoms with Gasteiger partial charge in [-0.25, -0.2) is 13.4 Å². The van der Waals surface area contributed by atoms with Crippen LogP contribution in [0, 0.1) is 20.8 Å². The molecule has 1 aliphatic rings. The standard InChI is InChI=1S/C27H36N4O5S2/c1-7-30(8-2)38(34,35)21-13-12-18(3)22(16-21)28-27-31(14-15-36-6)26(33)23(37-27)17-24(32)29-25-19(4)10-9-11-20(25)5/h9-13,16,23H,7-8,14-15,17H2,1-6H3,(H,29,32)/t23-/m1/s1. The molecule has 2 amide bonds. The number of carbonyl (C=O) groups excluding carboxylic acids is 2. The number of hydrogen-bond donors (Lipinski definition) is 1. The third-order valence-electron chi connectivity index (χ3n) is 6.40. The highest BCUT2D eigenvalue weighted by Gasteiger charge is 2.39. The Morgan fingerprint density at radius 2 is 1.76 bits per heavy atom. The molecule has 9 nitrogen and oxygen atoms in total. The van der Waals surface area contributed by atoms with Gasteiger partial charge in [-0.15, -0.1) is 0 Å². The number of anilines is 1. The monoisotopic (exact) mass is 560 g/mol. The van der Waals surface area contributed by atoms with Gasteiger partial charge in [0.25, 0.3) is 0 Å². The number of sulfonamides is 1. The van der Waals surface area contributed by atoms with E-state index in [2.05, 4.69) is 5.32 Å². The van der Waals surface area contributed by atoms with Crippen molar-refractivity contribution in [1.82, 2.24) is 9.21 Å². The first-order valence-corrected chi connectivity index (χ1v) is 14.9. The largest absolute Gasteiger partial charge is 0.383 e. The van der Waals surface area contributed by atoms with Crippen LogP contribution in [0.25, 0.3) is 0 Å². The molecular weight excluding hydrogens is 524 g/mol. The van der Waals surface area contributed by atoms with Gasteiger partial charge in [0.1, 0.15) is 5.25 Å². The molecule has 2 aromatic carbocycles. The first kappa shape index (κ1) is 29.8. The molecule has 1 atom stereocenters. The van der Waals surface area contributed by atoms with Gasteiger partial charge in [-0.3, -0.25) is 14.5 Å². The minimum absolute atomic E-state index is 0.0187. The lowest BCUT2D eigenvalue weighted by Gasteiger charge is -2.19. The summed E-state index contributed by atoms with van der Waals surface area (Å²) in [5.41, 5.74) is 3.87. The molecule has 1 heterocycles. The molecule has 206 valence electrons. The number of rotatable bonds is 11. The zero-order valence-corrected chi connectivity index (χ0v) is 24.4. The number of ether oxygens (including phenoxy) is 1. The van der Waals surface area contributed by atoms with Gasteiger partial charge in [0.15, 0.2) is 5.17 Å². The van der Waals surface area contributed by atoms with Crippen LogP contribution < -0.4 is 5.32 Å². The van der Waals surface area contributed by atoms with E-state index in [1.807, 2.05) is 39.0 Å². The van der Waals surface area contributed by atoms with E-state index in [1.165, 1.54) is 27.0 Å². The van der Waals surface area contributed by atoms with Gasteiger partial charge in [-0.2, -0.15) is 4.31 Å². The number of aryl methyl sites for hydroxylation is 3. The van der Waals surface area contributed by atoms with Crippen molar-refractivity contribution < 1.29 is 22.7 Å². The Morgan fingerprint density at radius 1 is 1.11 bits per heavy atom. The summed E-state index contributed by atoms with van der Waals surface area (Å²) in [6.45, 7) is 10.6. The second-order valence-corrected chi connectivity index (χ2v) is 12.1. The molecule has 0 radical (unpaired) electrons. The number of nitrogens with one attached hydrogen (secondary N) is 1.